The average molecular weight is 370 g/mol. The van der Waals surface area contributed by atoms with Gasteiger partial charge in [-0.1, -0.05) is 19.1 Å². The number of carbonyl (C=O) groups excluding carboxylic acids is 1. The summed E-state index contributed by atoms with van der Waals surface area (Å²) in [7, 11) is 0. The number of rotatable bonds is 1. The summed E-state index contributed by atoms with van der Waals surface area (Å²) in [5.74, 6) is 1.26. The molecule has 5 aliphatic rings. The standard InChI is InChI=1S/C22H26O5/c1-10-6-7-14-15(12(3)9-24-14)17-16(10)22-18(25-13(4)23)11(2)8-21(22,27-22)19-20(17,5)26-19/h9,11,16-19H,1,6-8H2,2-5H3. The van der Waals surface area contributed by atoms with Crippen LogP contribution in [0.3, 0.4) is 0 Å². The molecule has 0 radical (unpaired) electrons. The van der Waals surface area contributed by atoms with Crippen LogP contribution in [0.4, 0.5) is 0 Å². The summed E-state index contributed by atoms with van der Waals surface area (Å²) in [5.41, 5.74) is 2.49. The normalized spacial score (nSPS) is 51.3. The molecule has 0 amide bonds. The highest BCUT2D eigenvalue weighted by Gasteiger charge is 2.95. The molecule has 4 fully saturated rings. The second-order valence-corrected chi connectivity index (χ2v) is 9.55. The number of carbonyl (C=O) groups is 1. The predicted octanol–water partition coefficient (Wildman–Crippen LogP) is 3.44. The number of ether oxygens (including phenoxy) is 3. The Morgan fingerprint density at radius 1 is 1.33 bits per heavy atom. The van der Waals surface area contributed by atoms with E-state index in [1.807, 2.05) is 6.26 Å². The van der Waals surface area contributed by atoms with Crippen molar-refractivity contribution in [3.05, 3.63) is 35.3 Å². The molecular formula is C22H26O5. The Kier molecular flexibility index (Phi) is 2.74. The Morgan fingerprint density at radius 3 is 2.85 bits per heavy atom. The number of aryl methyl sites for hydroxylation is 2. The molecule has 2 aliphatic heterocycles. The van der Waals surface area contributed by atoms with E-state index in [9.17, 15) is 4.79 Å². The van der Waals surface area contributed by atoms with E-state index < -0.39 is 5.60 Å². The van der Waals surface area contributed by atoms with E-state index in [0.717, 1.165) is 25.0 Å². The van der Waals surface area contributed by atoms with Crippen LogP contribution in [0.15, 0.2) is 22.8 Å². The van der Waals surface area contributed by atoms with Crippen molar-refractivity contribution in [2.75, 3.05) is 0 Å². The zero-order valence-corrected chi connectivity index (χ0v) is 16.3. The molecule has 0 aromatic carbocycles. The van der Waals surface area contributed by atoms with Crippen LogP contribution in [0.25, 0.3) is 0 Å². The summed E-state index contributed by atoms with van der Waals surface area (Å²) in [5, 5.41) is 0. The van der Waals surface area contributed by atoms with Crippen LogP contribution in [-0.4, -0.2) is 35.0 Å². The van der Waals surface area contributed by atoms with E-state index in [0.29, 0.717) is 0 Å². The first-order valence-corrected chi connectivity index (χ1v) is 10.1. The van der Waals surface area contributed by atoms with Crippen molar-refractivity contribution in [2.45, 2.75) is 81.9 Å². The molecule has 1 aromatic heterocycles. The minimum Gasteiger partial charge on any atom is -0.469 e. The fourth-order valence-electron chi connectivity index (χ4n) is 7.17. The van der Waals surface area contributed by atoms with Crippen molar-refractivity contribution >= 4 is 5.97 Å². The summed E-state index contributed by atoms with van der Waals surface area (Å²) in [6.07, 6.45) is 4.25. The third kappa shape index (κ3) is 1.60. The molecule has 5 heteroatoms. The number of hydrogen-bond acceptors (Lipinski definition) is 5. The molecule has 0 spiro atoms. The van der Waals surface area contributed by atoms with Gasteiger partial charge in [-0.15, -0.1) is 0 Å². The summed E-state index contributed by atoms with van der Waals surface area (Å²) in [6.45, 7) is 12.5. The number of hydrogen-bond donors (Lipinski definition) is 0. The SMILES string of the molecule is C=C1CCc2occ(C)c2C2C1C13OC1(CC(C)C3OC(C)=O)C1OC21C. The van der Waals surface area contributed by atoms with Gasteiger partial charge in [0, 0.05) is 30.7 Å². The molecule has 3 heterocycles. The van der Waals surface area contributed by atoms with Crippen LogP contribution in [-0.2, 0) is 25.4 Å². The molecule has 1 aromatic rings. The Labute approximate surface area is 159 Å². The van der Waals surface area contributed by atoms with Gasteiger partial charge in [0.1, 0.15) is 34.8 Å². The number of fused-ring (bicyclic) bond motifs is 5. The van der Waals surface area contributed by atoms with Gasteiger partial charge in [0.15, 0.2) is 0 Å². The van der Waals surface area contributed by atoms with Crippen LogP contribution in [0, 0.1) is 18.8 Å². The van der Waals surface area contributed by atoms with Crippen LogP contribution in [0.5, 0.6) is 0 Å². The summed E-state index contributed by atoms with van der Waals surface area (Å²) in [4.78, 5) is 11.9. The second-order valence-electron chi connectivity index (χ2n) is 9.55. The van der Waals surface area contributed by atoms with Gasteiger partial charge in [-0.2, -0.15) is 0 Å². The highest BCUT2D eigenvalue weighted by atomic mass is 16.7. The van der Waals surface area contributed by atoms with Gasteiger partial charge in [-0.25, -0.2) is 0 Å². The van der Waals surface area contributed by atoms with Crippen molar-refractivity contribution < 1.29 is 23.4 Å². The van der Waals surface area contributed by atoms with E-state index in [4.69, 9.17) is 18.6 Å². The van der Waals surface area contributed by atoms with E-state index in [1.165, 1.54) is 23.6 Å². The summed E-state index contributed by atoms with van der Waals surface area (Å²) < 4.78 is 24.9. The fraction of sp³-hybridized carbons (Fsp3) is 0.682. The lowest BCUT2D eigenvalue weighted by Gasteiger charge is -2.40. The highest BCUT2D eigenvalue weighted by Crippen LogP contribution is 2.81. The van der Waals surface area contributed by atoms with Gasteiger partial charge in [0.05, 0.1) is 6.26 Å². The van der Waals surface area contributed by atoms with Crippen molar-refractivity contribution in [3.63, 3.8) is 0 Å². The number of furan rings is 1. The Balaban J connectivity index is 1.57. The van der Waals surface area contributed by atoms with Crippen molar-refractivity contribution in [2.24, 2.45) is 11.8 Å². The number of epoxide rings is 2. The maximum atomic E-state index is 11.9. The molecule has 0 bridgehead atoms. The first-order valence-electron chi connectivity index (χ1n) is 10.1. The zero-order chi connectivity index (χ0) is 18.9. The third-order valence-corrected chi connectivity index (χ3v) is 8.03. The largest absolute Gasteiger partial charge is 0.469 e. The van der Waals surface area contributed by atoms with E-state index in [2.05, 4.69) is 27.4 Å². The predicted molar refractivity (Wildman–Crippen MR) is 96.3 cm³/mol. The van der Waals surface area contributed by atoms with Crippen molar-refractivity contribution in [1.29, 1.82) is 0 Å². The van der Waals surface area contributed by atoms with Crippen LogP contribution < -0.4 is 0 Å². The van der Waals surface area contributed by atoms with E-state index in [1.54, 1.807) is 0 Å². The molecule has 3 aliphatic carbocycles. The minimum absolute atomic E-state index is 0.0438. The monoisotopic (exact) mass is 370 g/mol. The summed E-state index contributed by atoms with van der Waals surface area (Å²) >= 11 is 0. The molecule has 2 saturated heterocycles. The lowest BCUT2D eigenvalue weighted by Crippen LogP contribution is -2.53. The van der Waals surface area contributed by atoms with Crippen molar-refractivity contribution in [3.8, 4) is 0 Å². The van der Waals surface area contributed by atoms with Crippen molar-refractivity contribution in [1.82, 2.24) is 0 Å². The van der Waals surface area contributed by atoms with E-state index >= 15 is 0 Å². The Bertz CT molecular complexity index is 901. The van der Waals surface area contributed by atoms with Gasteiger partial charge in [0.25, 0.3) is 0 Å². The average Bonchev–Trinajstić information content (AvgIpc) is 3.41. The molecule has 0 N–H and O–H groups in total. The van der Waals surface area contributed by atoms with Gasteiger partial charge in [-0.05, 0) is 38.2 Å². The first-order chi connectivity index (χ1) is 12.8. The molecule has 27 heavy (non-hydrogen) atoms. The third-order valence-electron chi connectivity index (χ3n) is 8.03. The molecule has 2 saturated carbocycles. The topological polar surface area (TPSA) is 64.5 Å². The molecule has 5 nitrogen and oxygen atoms in total. The first kappa shape index (κ1) is 16.4. The van der Waals surface area contributed by atoms with Crippen LogP contribution in [0.1, 0.15) is 56.4 Å². The van der Waals surface area contributed by atoms with Gasteiger partial charge < -0.3 is 18.6 Å². The Morgan fingerprint density at radius 2 is 2.11 bits per heavy atom. The van der Waals surface area contributed by atoms with E-state index in [-0.39, 0.29) is 47.1 Å². The van der Waals surface area contributed by atoms with Gasteiger partial charge in [0.2, 0.25) is 0 Å². The summed E-state index contributed by atoms with van der Waals surface area (Å²) in [6, 6.07) is 0. The molecule has 6 rings (SSSR count). The highest BCUT2D eigenvalue weighted by molar-refractivity contribution is 5.67. The van der Waals surface area contributed by atoms with Crippen LogP contribution >= 0.6 is 0 Å². The molecule has 8 unspecified atom stereocenters. The zero-order valence-electron chi connectivity index (χ0n) is 16.3. The quantitative estimate of drug-likeness (QED) is 0.430. The number of esters is 1. The van der Waals surface area contributed by atoms with Gasteiger partial charge in [-0.3, -0.25) is 4.79 Å². The lowest BCUT2D eigenvalue weighted by atomic mass is 9.59. The second kappa shape index (κ2) is 4.52. The smallest absolute Gasteiger partial charge is 0.303 e. The lowest BCUT2D eigenvalue weighted by molar-refractivity contribution is -0.154. The fourth-order valence-corrected chi connectivity index (χ4v) is 7.17. The van der Waals surface area contributed by atoms with Crippen LogP contribution in [0.2, 0.25) is 0 Å². The Hall–Kier alpha value is -1.59. The maximum absolute atomic E-state index is 11.9. The molecular weight excluding hydrogens is 344 g/mol. The van der Waals surface area contributed by atoms with Gasteiger partial charge >= 0.3 is 5.97 Å². The minimum atomic E-state index is -0.508. The molecule has 144 valence electrons. The molecule has 8 atom stereocenters. The maximum Gasteiger partial charge on any atom is 0.303 e.